The molecule has 14 heteroatoms. The Labute approximate surface area is 240 Å². The Morgan fingerprint density at radius 3 is 2.62 bits per heavy atom. The predicted octanol–water partition coefficient (Wildman–Crippen LogP) is 3.53. The molecule has 1 aliphatic rings. The Balaban J connectivity index is 1.40. The van der Waals surface area contributed by atoms with Gasteiger partial charge in [0.1, 0.15) is 11.5 Å². The number of hydrogen-bond donors (Lipinski definition) is 5. The smallest absolute Gasteiger partial charge is 0.405 e. The van der Waals surface area contributed by atoms with Crippen molar-refractivity contribution >= 4 is 29.3 Å². The molecule has 2 amide bonds. The molecule has 1 aliphatic carbocycles. The Kier molecular flexibility index (Phi) is 8.52. The van der Waals surface area contributed by atoms with Crippen molar-refractivity contribution in [1.82, 2.24) is 30.3 Å². The minimum atomic E-state index is -1.23. The number of hydrogen-bond acceptors (Lipinski definition) is 9. The molecule has 1 saturated carbocycles. The van der Waals surface area contributed by atoms with Gasteiger partial charge in [-0.1, -0.05) is 30.3 Å². The van der Waals surface area contributed by atoms with Crippen LogP contribution in [0.3, 0.4) is 0 Å². The van der Waals surface area contributed by atoms with Crippen LogP contribution in [0.25, 0.3) is 5.69 Å². The minimum absolute atomic E-state index is 0.00754. The highest BCUT2D eigenvalue weighted by atomic mass is 19.1. The Morgan fingerprint density at radius 1 is 1.14 bits per heavy atom. The number of nitrogens with zero attached hydrogens (tertiary/aromatic N) is 5. The maximum atomic E-state index is 15.3. The molecule has 0 saturated heterocycles. The van der Waals surface area contributed by atoms with Crippen LogP contribution in [0.4, 0.5) is 26.5 Å². The summed E-state index contributed by atoms with van der Waals surface area (Å²) in [6.45, 7) is 2.09. The zero-order chi connectivity index (χ0) is 29.6. The van der Waals surface area contributed by atoms with Gasteiger partial charge in [-0.3, -0.25) is 9.78 Å². The summed E-state index contributed by atoms with van der Waals surface area (Å²) < 4.78 is 21.4. The van der Waals surface area contributed by atoms with Gasteiger partial charge in [0.15, 0.2) is 11.6 Å². The molecule has 3 atom stereocenters. The Morgan fingerprint density at radius 2 is 1.90 bits per heavy atom. The van der Waals surface area contributed by atoms with Gasteiger partial charge < -0.3 is 31.5 Å². The summed E-state index contributed by atoms with van der Waals surface area (Å²) >= 11 is 0. The fourth-order valence-corrected chi connectivity index (χ4v) is 4.94. The van der Waals surface area contributed by atoms with E-state index >= 15 is 4.39 Å². The van der Waals surface area contributed by atoms with Gasteiger partial charge in [-0.15, -0.1) is 4.80 Å². The third kappa shape index (κ3) is 6.61. The van der Waals surface area contributed by atoms with E-state index in [9.17, 15) is 14.7 Å². The number of halogens is 1. The van der Waals surface area contributed by atoms with Crippen molar-refractivity contribution in [3.05, 3.63) is 83.7 Å². The number of primary amides is 1. The van der Waals surface area contributed by atoms with Crippen LogP contribution in [0.15, 0.2) is 61.1 Å². The van der Waals surface area contributed by atoms with Gasteiger partial charge in [0, 0.05) is 0 Å². The summed E-state index contributed by atoms with van der Waals surface area (Å²) in [5.74, 6) is -1.89. The quantitative estimate of drug-likeness (QED) is 0.188. The van der Waals surface area contributed by atoms with Crippen LogP contribution in [-0.4, -0.2) is 60.3 Å². The van der Waals surface area contributed by atoms with Gasteiger partial charge in [-0.05, 0) is 43.9 Å². The number of anilines is 3. The molecular formula is C28H30FN9O4. The second kappa shape index (κ2) is 12.6. The zero-order valence-electron chi connectivity index (χ0n) is 22.7. The lowest BCUT2D eigenvalue weighted by Crippen LogP contribution is -2.56. The van der Waals surface area contributed by atoms with Crippen molar-refractivity contribution in [2.45, 2.75) is 51.0 Å². The number of carboxylic acid groups (broad SMARTS) is 1. The van der Waals surface area contributed by atoms with E-state index in [0.29, 0.717) is 42.9 Å². The SMILES string of the molecule is Cc1ncc(Nc2nc(NC3CCCC(OCc4ccccc4)C3NC(=O)O)c(F)cc2C(N)=O)cc1-n1nccn1. The molecule has 3 aromatic heterocycles. The number of benzene rings is 1. The number of carbonyl (C=O) groups excluding carboxylic acids is 1. The first-order chi connectivity index (χ1) is 20.3. The number of amides is 2. The average molecular weight is 576 g/mol. The van der Waals surface area contributed by atoms with E-state index in [2.05, 4.69) is 36.1 Å². The zero-order valence-corrected chi connectivity index (χ0v) is 22.7. The number of aryl methyl sites for hydroxylation is 1. The molecule has 0 spiro atoms. The predicted molar refractivity (Wildman–Crippen MR) is 151 cm³/mol. The highest BCUT2D eigenvalue weighted by Crippen LogP contribution is 2.29. The van der Waals surface area contributed by atoms with Gasteiger partial charge in [0.05, 0.1) is 60.3 Å². The van der Waals surface area contributed by atoms with Crippen molar-refractivity contribution in [3.63, 3.8) is 0 Å². The van der Waals surface area contributed by atoms with Crippen LogP contribution in [0.2, 0.25) is 0 Å². The first-order valence-corrected chi connectivity index (χ1v) is 13.3. The van der Waals surface area contributed by atoms with Gasteiger partial charge in [0.2, 0.25) is 0 Å². The molecule has 42 heavy (non-hydrogen) atoms. The lowest BCUT2D eigenvalue weighted by molar-refractivity contribution is -0.00796. The van der Waals surface area contributed by atoms with E-state index in [1.807, 2.05) is 30.3 Å². The third-order valence-electron chi connectivity index (χ3n) is 6.96. The van der Waals surface area contributed by atoms with Crippen LogP contribution in [0.1, 0.15) is 40.9 Å². The van der Waals surface area contributed by atoms with Crippen LogP contribution in [0, 0.1) is 12.7 Å². The van der Waals surface area contributed by atoms with E-state index in [4.69, 9.17) is 10.5 Å². The van der Waals surface area contributed by atoms with Crippen LogP contribution in [0.5, 0.6) is 0 Å². The van der Waals surface area contributed by atoms with E-state index in [1.165, 1.54) is 23.4 Å². The van der Waals surface area contributed by atoms with Crippen molar-refractivity contribution in [3.8, 4) is 5.69 Å². The summed E-state index contributed by atoms with van der Waals surface area (Å²) in [5, 5.41) is 26.4. The topological polar surface area (TPSA) is 182 Å². The molecule has 1 aromatic carbocycles. The van der Waals surface area contributed by atoms with E-state index in [0.717, 1.165) is 11.6 Å². The van der Waals surface area contributed by atoms with Gasteiger partial charge >= 0.3 is 6.09 Å². The number of nitrogens with one attached hydrogen (secondary N) is 3. The van der Waals surface area contributed by atoms with Crippen LogP contribution >= 0.6 is 0 Å². The number of ether oxygens (including phenoxy) is 1. The molecule has 6 N–H and O–H groups in total. The first kappa shape index (κ1) is 28.4. The van der Waals surface area contributed by atoms with E-state index in [-0.39, 0.29) is 17.2 Å². The van der Waals surface area contributed by atoms with Gasteiger partial charge in [-0.2, -0.15) is 10.2 Å². The summed E-state index contributed by atoms with van der Waals surface area (Å²) in [6, 6.07) is 11.0. The lowest BCUT2D eigenvalue weighted by Gasteiger charge is -2.38. The largest absolute Gasteiger partial charge is 0.465 e. The fourth-order valence-electron chi connectivity index (χ4n) is 4.94. The number of pyridine rings is 2. The number of aromatic nitrogens is 5. The highest BCUT2D eigenvalue weighted by Gasteiger charge is 2.36. The fraction of sp³-hybridized carbons (Fsp3) is 0.286. The molecule has 218 valence electrons. The molecule has 13 nitrogen and oxygen atoms in total. The maximum Gasteiger partial charge on any atom is 0.405 e. The average Bonchev–Trinajstić information content (AvgIpc) is 3.51. The summed E-state index contributed by atoms with van der Waals surface area (Å²) in [6.07, 6.45) is 4.74. The van der Waals surface area contributed by atoms with Crippen molar-refractivity contribution in [2.24, 2.45) is 5.73 Å². The van der Waals surface area contributed by atoms with Gasteiger partial charge in [0.25, 0.3) is 5.91 Å². The summed E-state index contributed by atoms with van der Waals surface area (Å²) in [5.41, 5.74) is 7.98. The molecule has 5 rings (SSSR count). The summed E-state index contributed by atoms with van der Waals surface area (Å²) in [4.78, 5) is 34.0. The molecule has 3 unspecified atom stereocenters. The second-order valence-corrected chi connectivity index (χ2v) is 9.84. The first-order valence-electron chi connectivity index (χ1n) is 13.3. The molecular weight excluding hydrogens is 545 g/mol. The van der Waals surface area contributed by atoms with E-state index in [1.54, 1.807) is 13.0 Å². The second-order valence-electron chi connectivity index (χ2n) is 9.84. The normalized spacial score (nSPS) is 18.3. The third-order valence-corrected chi connectivity index (χ3v) is 6.96. The van der Waals surface area contributed by atoms with Crippen molar-refractivity contribution in [2.75, 3.05) is 10.6 Å². The Hall–Kier alpha value is -5.11. The lowest BCUT2D eigenvalue weighted by atomic mass is 9.87. The molecule has 3 heterocycles. The van der Waals surface area contributed by atoms with Crippen molar-refractivity contribution in [1.29, 1.82) is 0 Å². The van der Waals surface area contributed by atoms with Crippen molar-refractivity contribution < 1.29 is 23.8 Å². The number of carbonyl (C=O) groups is 2. The minimum Gasteiger partial charge on any atom is -0.465 e. The number of rotatable bonds is 10. The van der Waals surface area contributed by atoms with E-state index < -0.39 is 36.0 Å². The molecule has 0 bridgehead atoms. The van der Waals surface area contributed by atoms with Crippen LogP contribution < -0.4 is 21.7 Å². The molecule has 0 radical (unpaired) electrons. The highest BCUT2D eigenvalue weighted by molar-refractivity contribution is 5.98. The monoisotopic (exact) mass is 575 g/mol. The molecule has 0 aliphatic heterocycles. The summed E-state index contributed by atoms with van der Waals surface area (Å²) in [7, 11) is 0. The maximum absolute atomic E-state index is 15.3. The standard InChI is InChI=1S/C28H30FN9O4/c1-16-22(38-32-10-11-33-38)12-18(14-31-16)34-26-19(25(30)39)13-20(29)27(37-26)35-21-8-5-9-23(24(21)36-28(40)41)42-15-17-6-3-2-4-7-17/h2-4,6-7,10-14,21,23-24,36H,5,8-9,15H2,1H3,(H2,30,39)(H,40,41)(H2,34,35,37). The van der Waals surface area contributed by atoms with Gasteiger partial charge in [-0.25, -0.2) is 14.2 Å². The Bertz CT molecular complexity index is 1550. The number of nitrogens with two attached hydrogens (primary N) is 1. The molecule has 4 aromatic rings. The van der Waals surface area contributed by atoms with Crippen LogP contribution in [-0.2, 0) is 11.3 Å². The molecule has 1 fully saturated rings.